The van der Waals surface area contributed by atoms with Crippen LogP contribution in [0.4, 0.5) is 5.69 Å². The van der Waals surface area contributed by atoms with Gasteiger partial charge < -0.3 is 4.74 Å². The van der Waals surface area contributed by atoms with Crippen LogP contribution in [0.25, 0.3) is 0 Å². The summed E-state index contributed by atoms with van der Waals surface area (Å²) in [6.45, 7) is 2.14. The summed E-state index contributed by atoms with van der Waals surface area (Å²) in [5, 5.41) is 0. The van der Waals surface area contributed by atoms with Crippen molar-refractivity contribution in [2.45, 2.75) is 39.0 Å². The van der Waals surface area contributed by atoms with Crippen LogP contribution in [0, 0.1) is 0 Å². The van der Waals surface area contributed by atoms with E-state index in [-0.39, 0.29) is 5.97 Å². The first-order valence-electron chi connectivity index (χ1n) is 11.2. The van der Waals surface area contributed by atoms with Crippen LogP contribution < -0.4 is 4.74 Å². The number of ether oxygens (including phenoxy) is 1. The van der Waals surface area contributed by atoms with Gasteiger partial charge in [-0.1, -0.05) is 49.7 Å². The Morgan fingerprint density at radius 2 is 1.56 bits per heavy atom. The van der Waals surface area contributed by atoms with Crippen LogP contribution in [0.15, 0.2) is 77.8 Å². The first-order chi connectivity index (χ1) is 15.7. The van der Waals surface area contributed by atoms with Crippen LogP contribution in [-0.4, -0.2) is 18.3 Å². The molecule has 0 amide bonds. The number of aryl methyl sites for hydroxylation is 2. The van der Waals surface area contributed by atoms with Crippen LogP contribution in [0.5, 0.6) is 5.75 Å². The van der Waals surface area contributed by atoms with Crippen molar-refractivity contribution in [3.05, 3.63) is 95.1 Å². The third kappa shape index (κ3) is 7.97. The monoisotopic (exact) mass is 463 g/mol. The molecule has 2 atom stereocenters. The van der Waals surface area contributed by atoms with Crippen LogP contribution in [0.3, 0.4) is 0 Å². The molecule has 0 aromatic heterocycles. The molecule has 0 saturated carbocycles. The lowest BCUT2D eigenvalue weighted by Gasteiger charge is -2.06. The summed E-state index contributed by atoms with van der Waals surface area (Å²) in [6, 6.07) is 23.4. The van der Waals surface area contributed by atoms with E-state index in [1.165, 1.54) is 30.1 Å². The molecular formula is C27H31NO2P2. The van der Waals surface area contributed by atoms with E-state index >= 15 is 0 Å². The Labute approximate surface area is 195 Å². The van der Waals surface area contributed by atoms with Gasteiger partial charge in [0.1, 0.15) is 5.75 Å². The number of carbonyl (C=O) groups excluding carboxylic acids is 1. The van der Waals surface area contributed by atoms with Crippen molar-refractivity contribution in [3.8, 4) is 5.75 Å². The lowest BCUT2D eigenvalue weighted by atomic mass is 10.1. The molecule has 3 aromatic rings. The quantitative estimate of drug-likeness (QED) is 0.0977. The zero-order valence-corrected chi connectivity index (χ0v) is 20.7. The molecule has 3 rings (SSSR count). The third-order valence-corrected chi connectivity index (χ3v) is 6.66. The second-order valence-corrected chi connectivity index (χ2v) is 9.87. The number of nitrogens with zero attached hydrogens (tertiary/aromatic N) is 1. The number of rotatable bonds is 11. The second-order valence-electron chi connectivity index (χ2n) is 7.74. The molecule has 3 nitrogen and oxygen atoms in total. The topological polar surface area (TPSA) is 38.7 Å². The summed E-state index contributed by atoms with van der Waals surface area (Å²) in [7, 11) is 3.79. The molecule has 0 spiro atoms. The second kappa shape index (κ2) is 13.3. The highest BCUT2D eigenvalue weighted by molar-refractivity contribution is 8.02. The van der Waals surface area contributed by atoms with Gasteiger partial charge in [-0.15, -0.1) is 17.2 Å². The molecule has 0 saturated heterocycles. The van der Waals surface area contributed by atoms with Crippen molar-refractivity contribution in [1.82, 2.24) is 0 Å². The lowest BCUT2D eigenvalue weighted by molar-refractivity contribution is 0.0735. The molecule has 2 unspecified atom stereocenters. The average molecular weight is 463 g/mol. The minimum atomic E-state index is -0.349. The van der Waals surface area contributed by atoms with Crippen molar-refractivity contribution in [1.29, 1.82) is 0 Å². The van der Waals surface area contributed by atoms with Crippen molar-refractivity contribution >= 4 is 35.1 Å². The number of aliphatic imine (C=N–C) groups is 1. The smallest absolute Gasteiger partial charge is 0.343 e. The molecule has 0 fully saturated rings. The van der Waals surface area contributed by atoms with Gasteiger partial charge in [0, 0.05) is 6.21 Å². The van der Waals surface area contributed by atoms with Crippen molar-refractivity contribution < 1.29 is 9.53 Å². The Bertz CT molecular complexity index is 997. The van der Waals surface area contributed by atoms with Crippen LogP contribution in [0.2, 0.25) is 0 Å². The maximum absolute atomic E-state index is 12.4. The maximum Gasteiger partial charge on any atom is 0.343 e. The zero-order valence-electron chi connectivity index (χ0n) is 18.6. The summed E-state index contributed by atoms with van der Waals surface area (Å²) < 4.78 is 5.49. The summed E-state index contributed by atoms with van der Waals surface area (Å²) >= 11 is 0. The largest absolute Gasteiger partial charge is 0.423 e. The van der Waals surface area contributed by atoms with Crippen LogP contribution in [0.1, 0.15) is 53.2 Å². The van der Waals surface area contributed by atoms with E-state index in [1.807, 2.05) is 42.6 Å². The molecule has 0 aliphatic carbocycles. The third-order valence-electron chi connectivity index (χ3n) is 5.15. The minimum Gasteiger partial charge on any atom is -0.423 e. The van der Waals surface area contributed by atoms with Crippen molar-refractivity contribution in [2.75, 3.05) is 6.16 Å². The maximum atomic E-state index is 12.4. The van der Waals surface area contributed by atoms with E-state index in [9.17, 15) is 4.79 Å². The molecular weight excluding hydrogens is 432 g/mol. The normalized spacial score (nSPS) is 11.4. The molecule has 0 bridgehead atoms. The number of carbonyl (C=O) groups is 1. The van der Waals surface area contributed by atoms with E-state index in [0.29, 0.717) is 11.3 Å². The van der Waals surface area contributed by atoms with Crippen LogP contribution in [-0.2, 0) is 12.8 Å². The van der Waals surface area contributed by atoms with Gasteiger partial charge in [-0.25, -0.2) is 4.79 Å². The predicted molar refractivity (Wildman–Crippen MR) is 141 cm³/mol. The fourth-order valence-electron chi connectivity index (χ4n) is 3.34. The van der Waals surface area contributed by atoms with E-state index < -0.39 is 0 Å². The highest BCUT2D eigenvalue weighted by Crippen LogP contribution is 2.22. The van der Waals surface area contributed by atoms with Gasteiger partial charge in [0.05, 0.1) is 11.3 Å². The van der Waals surface area contributed by atoms with Gasteiger partial charge in [-0.3, -0.25) is 4.99 Å². The Balaban J connectivity index is 1.51. The van der Waals surface area contributed by atoms with Crippen molar-refractivity contribution in [3.63, 3.8) is 0 Å². The Morgan fingerprint density at radius 1 is 0.906 bits per heavy atom. The number of hydrogen-bond acceptors (Lipinski definition) is 3. The van der Waals surface area contributed by atoms with E-state index in [2.05, 4.69) is 45.1 Å². The van der Waals surface area contributed by atoms with Gasteiger partial charge in [-0.05, 0) is 84.9 Å². The van der Waals surface area contributed by atoms with Gasteiger partial charge in [0.15, 0.2) is 0 Å². The molecule has 0 N–H and O–H groups in total. The average Bonchev–Trinajstić information content (AvgIpc) is 2.83. The zero-order chi connectivity index (χ0) is 22.6. The lowest BCUT2D eigenvalue weighted by Crippen LogP contribution is -2.08. The summed E-state index contributed by atoms with van der Waals surface area (Å²) in [6.07, 6.45) is 8.94. The fourth-order valence-corrected chi connectivity index (χ4v) is 4.40. The first-order valence-corrected chi connectivity index (χ1v) is 14.2. The molecule has 32 heavy (non-hydrogen) atoms. The minimum absolute atomic E-state index is 0.349. The van der Waals surface area contributed by atoms with Crippen LogP contribution >= 0.6 is 17.2 Å². The van der Waals surface area contributed by atoms with E-state index in [0.717, 1.165) is 38.8 Å². The summed E-state index contributed by atoms with van der Waals surface area (Å²) in [4.78, 5) is 16.9. The molecule has 3 aromatic carbocycles. The summed E-state index contributed by atoms with van der Waals surface area (Å²) in [5.41, 5.74) is 5.05. The SMILES string of the molecule is CCCc1ccc(C(=O)Oc2ccc(N=Cc3ccc(CCCCPP)cc3)cc2)cc1. The Kier molecular flexibility index (Phi) is 10.1. The van der Waals surface area contributed by atoms with E-state index in [4.69, 9.17) is 4.74 Å². The molecule has 0 heterocycles. The van der Waals surface area contributed by atoms with Gasteiger partial charge in [-0.2, -0.15) is 0 Å². The fraction of sp³-hybridized carbons (Fsp3) is 0.259. The van der Waals surface area contributed by atoms with Gasteiger partial charge in [0.2, 0.25) is 0 Å². The number of benzene rings is 3. The number of esters is 1. The van der Waals surface area contributed by atoms with E-state index in [1.54, 1.807) is 12.1 Å². The molecule has 0 aliphatic rings. The van der Waals surface area contributed by atoms with Gasteiger partial charge >= 0.3 is 5.97 Å². The van der Waals surface area contributed by atoms with Gasteiger partial charge in [0.25, 0.3) is 0 Å². The predicted octanol–water partition coefficient (Wildman–Crippen LogP) is 7.40. The van der Waals surface area contributed by atoms with Crippen molar-refractivity contribution in [2.24, 2.45) is 4.99 Å². The molecule has 0 radical (unpaired) electrons. The highest BCUT2D eigenvalue weighted by atomic mass is 32.0. The first kappa shape index (κ1) is 24.3. The highest BCUT2D eigenvalue weighted by Gasteiger charge is 2.08. The standard InChI is InChI=1S/C27H31NO2P2/c1-2-5-21-11-13-24(14-12-21)27(29)30-26-17-15-25(16-18-26)28-20-23-9-7-22(8-10-23)6-3-4-19-32-31/h7-18,20,32H,2-6,19,31H2,1H3. The Hall–Kier alpha value is -2.34. The molecule has 166 valence electrons. The molecule has 0 aliphatic heterocycles. The molecule has 5 heteroatoms. The summed E-state index contributed by atoms with van der Waals surface area (Å²) in [5.74, 6) is 0.163. The number of hydrogen-bond donors (Lipinski definition) is 0. The number of unbranched alkanes of at least 4 members (excludes halogenated alkanes) is 1. The Morgan fingerprint density at radius 3 is 2.22 bits per heavy atom.